The molecular weight excluding hydrogens is 280 g/mol. The van der Waals surface area contributed by atoms with Crippen molar-refractivity contribution in [3.63, 3.8) is 0 Å². The molecule has 0 fully saturated rings. The van der Waals surface area contributed by atoms with Gasteiger partial charge in [-0.1, -0.05) is 0 Å². The molecule has 1 N–H and O–H groups in total. The summed E-state index contributed by atoms with van der Waals surface area (Å²) >= 11 is 0. The Labute approximate surface area is 70.4 Å². The second kappa shape index (κ2) is 5.22. The number of rotatable bonds is 0. The van der Waals surface area contributed by atoms with Crippen LogP contribution >= 0.6 is 0 Å². The van der Waals surface area contributed by atoms with Crippen molar-refractivity contribution in [1.82, 2.24) is 0 Å². The standard InChI is InChI=1S/CH4O3S.FH.Tm/c1-5(2,3)4;;/h1H3,(H,2,3,4);1H;. The second-order valence-corrected chi connectivity index (χ2v) is 2.20. The molecule has 0 saturated carbocycles. The number of hydrogen-bond donors (Lipinski definition) is 1. The fourth-order valence-corrected chi connectivity index (χ4v) is 0. The maximum atomic E-state index is 9.19. The van der Waals surface area contributed by atoms with Gasteiger partial charge in [0, 0.05) is 36.9 Å². The van der Waals surface area contributed by atoms with Gasteiger partial charge in [-0.2, -0.15) is 8.42 Å². The molecule has 0 atom stereocenters. The SMILES string of the molecule is CS(=O)(=O)O.F.[Tm]. The molecule has 0 spiro atoms. The zero-order valence-corrected chi connectivity index (χ0v) is 5.95. The van der Waals surface area contributed by atoms with E-state index < -0.39 is 10.1 Å². The van der Waals surface area contributed by atoms with Crippen LogP contribution < -0.4 is 0 Å². The Kier molecular flexibility index (Phi) is 11.7. The Bertz CT molecular complexity index is 98.1. The largest absolute Gasteiger partial charge is 0.286 e. The molecule has 0 aromatic rings. The zero-order valence-electron chi connectivity index (χ0n) is 3.36. The van der Waals surface area contributed by atoms with E-state index in [0.29, 0.717) is 6.26 Å². The van der Waals surface area contributed by atoms with E-state index in [-0.39, 0.29) is 41.6 Å². The van der Waals surface area contributed by atoms with Crippen molar-refractivity contribution >= 4 is 10.1 Å². The molecule has 0 aromatic heterocycles. The van der Waals surface area contributed by atoms with Crippen molar-refractivity contribution in [2.24, 2.45) is 0 Å². The first-order chi connectivity index (χ1) is 2.00. The van der Waals surface area contributed by atoms with Crippen molar-refractivity contribution in [1.29, 1.82) is 0 Å². The molecule has 3 nitrogen and oxygen atoms in total. The van der Waals surface area contributed by atoms with Gasteiger partial charge in [-0.25, -0.2) is 0 Å². The summed E-state index contributed by atoms with van der Waals surface area (Å²) in [6.45, 7) is 0. The van der Waals surface area contributed by atoms with Crippen LogP contribution in [-0.2, 0) is 10.1 Å². The Morgan fingerprint density at radius 1 is 1.43 bits per heavy atom. The summed E-state index contributed by atoms with van der Waals surface area (Å²) in [4.78, 5) is 0. The van der Waals surface area contributed by atoms with Crippen molar-refractivity contribution in [3.8, 4) is 0 Å². The first kappa shape index (κ1) is 15.7. The van der Waals surface area contributed by atoms with Crippen molar-refractivity contribution in [2.45, 2.75) is 0 Å². The van der Waals surface area contributed by atoms with Crippen LogP contribution in [0.1, 0.15) is 0 Å². The fourth-order valence-electron chi connectivity index (χ4n) is 0. The van der Waals surface area contributed by atoms with Gasteiger partial charge in [0.25, 0.3) is 10.1 Å². The van der Waals surface area contributed by atoms with E-state index in [4.69, 9.17) is 4.55 Å². The van der Waals surface area contributed by atoms with Gasteiger partial charge in [0.05, 0.1) is 6.26 Å². The van der Waals surface area contributed by atoms with Gasteiger partial charge in [-0.3, -0.25) is 9.26 Å². The van der Waals surface area contributed by atoms with E-state index >= 15 is 0 Å². The van der Waals surface area contributed by atoms with Crippen molar-refractivity contribution in [3.05, 3.63) is 0 Å². The zero-order chi connectivity index (χ0) is 4.50. The monoisotopic (exact) mass is 285 g/mol. The van der Waals surface area contributed by atoms with Crippen LogP contribution in [0.3, 0.4) is 0 Å². The molecule has 0 amide bonds. The van der Waals surface area contributed by atoms with Crippen LogP contribution in [0.2, 0.25) is 0 Å². The van der Waals surface area contributed by atoms with E-state index in [9.17, 15) is 8.42 Å². The van der Waals surface area contributed by atoms with Crippen LogP contribution in [-0.4, -0.2) is 19.2 Å². The summed E-state index contributed by atoms with van der Waals surface area (Å²) < 4.78 is 25.9. The molecule has 7 heavy (non-hydrogen) atoms. The molecule has 0 saturated heterocycles. The van der Waals surface area contributed by atoms with Gasteiger partial charge in [-0.15, -0.1) is 0 Å². The Morgan fingerprint density at radius 2 is 1.43 bits per heavy atom. The van der Waals surface area contributed by atoms with Crippen LogP contribution in [0.15, 0.2) is 0 Å². The van der Waals surface area contributed by atoms with Gasteiger partial charge >= 0.3 is 0 Å². The minimum Gasteiger partial charge on any atom is -0.286 e. The van der Waals surface area contributed by atoms with Crippen LogP contribution in [0.25, 0.3) is 0 Å². The third-order valence-electron chi connectivity index (χ3n) is 0. The van der Waals surface area contributed by atoms with Gasteiger partial charge in [-0.05, 0) is 0 Å². The first-order valence-corrected chi connectivity index (χ1v) is 2.77. The van der Waals surface area contributed by atoms with Crippen LogP contribution in [0.4, 0.5) is 4.70 Å². The summed E-state index contributed by atoms with van der Waals surface area (Å²) in [5.74, 6) is 0. The Hall–Kier alpha value is 1.07. The predicted octanol–water partition coefficient (Wildman–Crippen LogP) is -0.343. The normalized spacial score (nSPS) is 8.29. The molecule has 0 aliphatic carbocycles. The molecule has 1 radical (unpaired) electrons. The Morgan fingerprint density at radius 3 is 1.43 bits per heavy atom. The van der Waals surface area contributed by atoms with Crippen LogP contribution in [0, 0.1) is 36.9 Å². The van der Waals surface area contributed by atoms with Crippen LogP contribution in [0.5, 0.6) is 0 Å². The summed E-state index contributed by atoms with van der Waals surface area (Å²) in [5, 5.41) is 0. The second-order valence-electron chi connectivity index (χ2n) is 0.733. The maximum absolute atomic E-state index is 9.19. The fraction of sp³-hybridized carbons (Fsp3) is 1.00. The molecule has 0 heterocycles. The molecule has 0 rings (SSSR count). The molecule has 6 heteroatoms. The maximum Gasteiger partial charge on any atom is 0.261 e. The third kappa shape index (κ3) is 158. The summed E-state index contributed by atoms with van der Waals surface area (Å²) in [5.41, 5.74) is 0. The van der Waals surface area contributed by atoms with Crippen molar-refractivity contribution in [2.75, 3.05) is 6.26 Å². The van der Waals surface area contributed by atoms with Gasteiger partial charge < -0.3 is 0 Å². The molecule has 0 aromatic carbocycles. The third-order valence-corrected chi connectivity index (χ3v) is 0. The number of hydrogen-bond acceptors (Lipinski definition) is 2. The van der Waals surface area contributed by atoms with E-state index in [1.54, 1.807) is 0 Å². The Balaban J connectivity index is -0.0000000800. The minimum absolute atomic E-state index is 0. The molecule has 53 valence electrons. The average Bonchev–Trinajstić information content (AvgIpc) is 0.722. The summed E-state index contributed by atoms with van der Waals surface area (Å²) in [7, 11) is -3.67. The van der Waals surface area contributed by atoms with E-state index in [1.807, 2.05) is 0 Å². The molecular formula is CH5FO3STm. The molecule has 0 aliphatic heterocycles. The number of halogens is 1. The van der Waals surface area contributed by atoms with Gasteiger partial charge in [0.2, 0.25) is 0 Å². The van der Waals surface area contributed by atoms with E-state index in [2.05, 4.69) is 0 Å². The predicted molar refractivity (Wildman–Crippen MR) is 20.0 cm³/mol. The molecule has 0 bridgehead atoms. The quantitative estimate of drug-likeness (QED) is 0.619. The van der Waals surface area contributed by atoms with Crippen molar-refractivity contribution < 1.29 is 54.5 Å². The average molecular weight is 285 g/mol. The topological polar surface area (TPSA) is 54.4 Å². The summed E-state index contributed by atoms with van der Waals surface area (Å²) in [6, 6.07) is 0. The summed E-state index contributed by atoms with van der Waals surface area (Å²) in [6.07, 6.45) is 0.715. The smallest absolute Gasteiger partial charge is 0.261 e. The van der Waals surface area contributed by atoms with E-state index in [1.165, 1.54) is 0 Å². The first-order valence-electron chi connectivity index (χ1n) is 0.924. The van der Waals surface area contributed by atoms with E-state index in [0.717, 1.165) is 0 Å². The van der Waals surface area contributed by atoms with Gasteiger partial charge in [0.15, 0.2) is 0 Å². The molecule has 0 unspecified atom stereocenters. The van der Waals surface area contributed by atoms with Gasteiger partial charge in [0.1, 0.15) is 0 Å². The molecule has 0 aliphatic rings. The minimum atomic E-state index is -3.67.